The summed E-state index contributed by atoms with van der Waals surface area (Å²) in [5, 5.41) is 7.49. The molecule has 1 atom stereocenters. The van der Waals surface area contributed by atoms with E-state index in [0.29, 0.717) is 7.11 Å². The maximum absolute atomic E-state index is 14.5. The lowest BCUT2D eigenvalue weighted by Crippen LogP contribution is -2.63. The van der Waals surface area contributed by atoms with Crippen molar-refractivity contribution >= 4 is 22.9 Å². The number of benzene rings is 1. The third-order valence-corrected chi connectivity index (χ3v) is 3.72. The van der Waals surface area contributed by atoms with Gasteiger partial charge in [-0.25, -0.2) is 18.3 Å². The van der Waals surface area contributed by atoms with Crippen molar-refractivity contribution in [1.29, 1.82) is 0 Å². The summed E-state index contributed by atoms with van der Waals surface area (Å²) in [5.41, 5.74) is -0.650. The van der Waals surface area contributed by atoms with E-state index in [2.05, 4.69) is 15.0 Å². The van der Waals surface area contributed by atoms with Gasteiger partial charge in [-0.3, -0.25) is 4.79 Å². The molecular weight excluding hydrogens is 424 g/mol. The summed E-state index contributed by atoms with van der Waals surface area (Å²) < 4.78 is 112. The van der Waals surface area contributed by atoms with Crippen LogP contribution >= 0.6 is 0 Å². The molecule has 2 rings (SSSR count). The van der Waals surface area contributed by atoms with Gasteiger partial charge in [0.05, 0.1) is 12.6 Å². The number of nitrogens with one attached hydrogen (secondary N) is 1. The zero-order valence-electron chi connectivity index (χ0n) is 14.1. The minimum atomic E-state index is -6.69. The van der Waals surface area contributed by atoms with Crippen molar-refractivity contribution in [2.45, 2.75) is 30.4 Å². The van der Waals surface area contributed by atoms with E-state index in [-0.39, 0.29) is 10.2 Å². The maximum atomic E-state index is 14.5. The van der Waals surface area contributed by atoms with Crippen LogP contribution in [0.15, 0.2) is 24.3 Å². The van der Waals surface area contributed by atoms with Gasteiger partial charge in [-0.05, 0) is 12.1 Å². The van der Waals surface area contributed by atoms with Gasteiger partial charge in [0, 0.05) is 0 Å². The van der Waals surface area contributed by atoms with Gasteiger partial charge >= 0.3 is 36.1 Å². The molecule has 15 heteroatoms. The molecule has 0 fully saturated rings. The summed E-state index contributed by atoms with van der Waals surface area (Å²) in [5.74, 6) is -23.2. The number of aromatic nitrogens is 3. The molecule has 0 aliphatic rings. The Morgan fingerprint density at radius 1 is 1.07 bits per heavy atom. The highest BCUT2D eigenvalue weighted by Gasteiger charge is 2.78. The van der Waals surface area contributed by atoms with Crippen LogP contribution in [0.1, 0.15) is 6.17 Å². The molecule has 2 aromatic rings. The number of hydrogen-bond acceptors (Lipinski definition) is 5. The van der Waals surface area contributed by atoms with Crippen molar-refractivity contribution in [2.75, 3.05) is 7.11 Å². The van der Waals surface area contributed by atoms with Crippen molar-refractivity contribution in [3.8, 4) is 0 Å². The van der Waals surface area contributed by atoms with Gasteiger partial charge in [-0.15, -0.1) is 5.10 Å². The van der Waals surface area contributed by atoms with Gasteiger partial charge in [0.15, 0.2) is 6.17 Å². The van der Waals surface area contributed by atoms with Crippen LogP contribution in [0.3, 0.4) is 0 Å². The second-order valence-corrected chi connectivity index (χ2v) is 5.51. The lowest BCUT2D eigenvalue weighted by atomic mass is 10.0. The smallest absolute Gasteiger partial charge is 0.396 e. The molecule has 0 saturated heterocycles. The van der Waals surface area contributed by atoms with Crippen LogP contribution in [0.4, 0.5) is 35.1 Å². The van der Waals surface area contributed by atoms with Crippen LogP contribution in [0.2, 0.25) is 0 Å². The lowest BCUT2D eigenvalue weighted by Gasteiger charge is -2.36. The Morgan fingerprint density at radius 3 is 2.21 bits per heavy atom. The van der Waals surface area contributed by atoms with Gasteiger partial charge in [0.2, 0.25) is 0 Å². The second kappa shape index (κ2) is 7.44. The number of nitrogens with zero attached hydrogens (tertiary/aromatic N) is 3. The highest BCUT2D eigenvalue weighted by atomic mass is 19.4. The number of alkyl halides is 8. The number of carbonyl (C=O) groups excluding carboxylic acids is 2. The lowest BCUT2D eigenvalue weighted by molar-refractivity contribution is -0.350. The number of ether oxygens (including phenoxy) is 1. The topological polar surface area (TPSA) is 86.1 Å². The van der Waals surface area contributed by atoms with Gasteiger partial charge in [-0.2, -0.15) is 26.3 Å². The van der Waals surface area contributed by atoms with Crippen LogP contribution in [0.25, 0.3) is 11.0 Å². The van der Waals surface area contributed by atoms with Crippen molar-refractivity contribution in [3.63, 3.8) is 0 Å². The van der Waals surface area contributed by atoms with E-state index < -0.39 is 47.8 Å². The van der Waals surface area contributed by atoms with Gasteiger partial charge in [0.1, 0.15) is 5.52 Å². The molecule has 29 heavy (non-hydrogen) atoms. The molecule has 0 bridgehead atoms. The summed E-state index contributed by atoms with van der Waals surface area (Å²) >= 11 is 0. The quantitative estimate of drug-likeness (QED) is 0.429. The molecule has 0 spiro atoms. The number of methoxy groups -OCH3 is 1. The SMILES string of the molecule is COC(=O)C(=O)N[C@@H](n1nnc2ccccc21)C(F)(F)C(F)(F)C(F)(F)C(F)F. The molecule has 0 radical (unpaired) electrons. The largest absolute Gasteiger partial charge is 0.462 e. The fourth-order valence-corrected chi connectivity index (χ4v) is 2.19. The Kier molecular flexibility index (Phi) is 5.72. The van der Waals surface area contributed by atoms with E-state index in [9.17, 15) is 44.7 Å². The number of esters is 1. The van der Waals surface area contributed by atoms with E-state index in [1.165, 1.54) is 18.2 Å². The van der Waals surface area contributed by atoms with Crippen molar-refractivity contribution < 1.29 is 49.4 Å². The summed E-state index contributed by atoms with van der Waals surface area (Å²) in [4.78, 5) is 22.8. The molecule has 160 valence electrons. The molecular formula is C14H10F8N4O3. The number of hydrogen-bond donors (Lipinski definition) is 1. The minimum Gasteiger partial charge on any atom is -0.462 e. The Labute approximate surface area is 155 Å². The standard InChI is InChI=1S/C14H10F8N4O3/c1-29-9(28)8(27)23-11(26-7-5-3-2-4-6(7)24-25-26)13(19,20)14(21,22)12(17,18)10(15)16/h2-5,10-11H,1H3,(H,23,27)/t11-/m0/s1. The van der Waals surface area contributed by atoms with E-state index in [4.69, 9.17) is 0 Å². The van der Waals surface area contributed by atoms with E-state index in [1.54, 1.807) is 0 Å². The molecule has 7 nitrogen and oxygen atoms in total. The van der Waals surface area contributed by atoms with Crippen LogP contribution in [-0.4, -0.2) is 58.2 Å². The van der Waals surface area contributed by atoms with Crippen molar-refractivity contribution in [3.05, 3.63) is 24.3 Å². The minimum absolute atomic E-state index is 0.106. The van der Waals surface area contributed by atoms with Crippen LogP contribution in [0.5, 0.6) is 0 Å². The fraction of sp³-hybridized carbons (Fsp3) is 0.429. The number of carbonyl (C=O) groups is 2. The predicted octanol–water partition coefficient (Wildman–Crippen LogP) is 2.39. The first kappa shape index (κ1) is 22.3. The zero-order chi connectivity index (χ0) is 22.2. The first-order chi connectivity index (χ1) is 13.3. The van der Waals surface area contributed by atoms with Crippen LogP contribution in [0, 0.1) is 0 Å². The predicted molar refractivity (Wildman–Crippen MR) is 77.6 cm³/mol. The highest BCUT2D eigenvalue weighted by Crippen LogP contribution is 2.52. The van der Waals surface area contributed by atoms with Gasteiger partial charge in [0.25, 0.3) is 0 Å². The van der Waals surface area contributed by atoms with E-state index >= 15 is 0 Å². The van der Waals surface area contributed by atoms with Gasteiger partial charge in [-0.1, -0.05) is 17.3 Å². The normalized spacial score (nSPS) is 14.1. The molecule has 1 amide bonds. The van der Waals surface area contributed by atoms with E-state index in [1.807, 2.05) is 0 Å². The third-order valence-electron chi connectivity index (χ3n) is 3.72. The van der Waals surface area contributed by atoms with E-state index in [0.717, 1.165) is 11.4 Å². The van der Waals surface area contributed by atoms with Crippen LogP contribution in [-0.2, 0) is 14.3 Å². The molecule has 1 aromatic heterocycles. The summed E-state index contributed by atoms with van der Waals surface area (Å²) in [6, 6.07) is 4.70. The first-order valence-corrected chi connectivity index (χ1v) is 7.39. The molecule has 0 saturated carbocycles. The number of para-hydroxylation sites is 1. The number of amides is 1. The zero-order valence-corrected chi connectivity index (χ0v) is 14.1. The molecule has 1 heterocycles. The molecule has 1 aromatic carbocycles. The molecule has 0 aliphatic heterocycles. The molecule has 0 unspecified atom stereocenters. The molecule has 0 aliphatic carbocycles. The average molecular weight is 434 g/mol. The van der Waals surface area contributed by atoms with Crippen molar-refractivity contribution in [1.82, 2.24) is 20.3 Å². The number of fused-ring (bicyclic) bond motifs is 1. The monoisotopic (exact) mass is 434 g/mol. The Hall–Kier alpha value is -3.00. The Balaban J connectivity index is 2.66. The Bertz CT molecular complexity index is 917. The van der Waals surface area contributed by atoms with Gasteiger partial charge < -0.3 is 10.1 Å². The highest BCUT2D eigenvalue weighted by molar-refractivity contribution is 6.32. The second-order valence-electron chi connectivity index (χ2n) is 5.51. The summed E-state index contributed by atoms with van der Waals surface area (Å²) in [6.07, 6.45) is -8.69. The fourth-order valence-electron chi connectivity index (χ4n) is 2.19. The molecule has 1 N–H and O–H groups in total. The van der Waals surface area contributed by atoms with Crippen LogP contribution < -0.4 is 5.32 Å². The average Bonchev–Trinajstić information content (AvgIpc) is 3.08. The number of rotatable bonds is 6. The van der Waals surface area contributed by atoms with Crippen molar-refractivity contribution in [2.24, 2.45) is 0 Å². The number of halogens is 8. The Morgan fingerprint density at radius 2 is 1.66 bits per heavy atom. The maximum Gasteiger partial charge on any atom is 0.396 e. The first-order valence-electron chi connectivity index (χ1n) is 7.39. The summed E-state index contributed by atoms with van der Waals surface area (Å²) in [7, 11) is 0.638. The summed E-state index contributed by atoms with van der Waals surface area (Å²) in [6.45, 7) is 0. The third kappa shape index (κ3) is 3.55.